The van der Waals surface area contributed by atoms with E-state index in [0.29, 0.717) is 23.5 Å². The van der Waals surface area contributed by atoms with Crippen molar-refractivity contribution in [2.24, 2.45) is 0 Å². The minimum absolute atomic E-state index is 0.141. The Morgan fingerprint density at radius 3 is 2.57 bits per heavy atom. The van der Waals surface area contributed by atoms with Gasteiger partial charge in [-0.1, -0.05) is 6.07 Å². The maximum Gasteiger partial charge on any atom is 0.240 e. The van der Waals surface area contributed by atoms with Gasteiger partial charge in [0.2, 0.25) is 16.8 Å². The lowest BCUT2D eigenvalue weighted by Gasteiger charge is -2.07. The van der Waals surface area contributed by atoms with E-state index in [1.807, 2.05) is 24.3 Å². The predicted molar refractivity (Wildman–Crippen MR) is 82.6 cm³/mol. The van der Waals surface area contributed by atoms with Crippen LogP contribution in [-0.2, 0) is 16.4 Å². The van der Waals surface area contributed by atoms with Gasteiger partial charge in [0.1, 0.15) is 0 Å². The number of rotatable bonds is 5. The average molecular weight is 330 g/mol. The van der Waals surface area contributed by atoms with Crippen LogP contribution in [0.5, 0.6) is 11.5 Å². The number of benzene rings is 2. The van der Waals surface area contributed by atoms with Crippen molar-refractivity contribution in [2.75, 3.05) is 13.3 Å². The summed E-state index contributed by atoms with van der Waals surface area (Å²) in [5.41, 5.74) is 1.38. The number of ether oxygens (including phenoxy) is 2. The molecule has 0 saturated heterocycles. The summed E-state index contributed by atoms with van der Waals surface area (Å²) in [6.45, 7) is 0.478. The van der Waals surface area contributed by atoms with Gasteiger partial charge in [0.15, 0.2) is 11.5 Å². The van der Waals surface area contributed by atoms with Crippen LogP contribution in [-0.4, -0.2) is 21.8 Å². The summed E-state index contributed by atoms with van der Waals surface area (Å²) < 4.78 is 37.4. The molecule has 1 N–H and O–H groups in total. The summed E-state index contributed by atoms with van der Waals surface area (Å²) in [6.07, 6.45) is 0.534. The summed E-state index contributed by atoms with van der Waals surface area (Å²) in [6, 6.07) is 13.3. The van der Waals surface area contributed by atoms with Crippen molar-refractivity contribution in [3.63, 3.8) is 0 Å². The van der Waals surface area contributed by atoms with Gasteiger partial charge in [0.05, 0.1) is 16.5 Å². The lowest BCUT2D eigenvalue weighted by molar-refractivity contribution is 0.174. The first kappa shape index (κ1) is 15.3. The lowest BCUT2D eigenvalue weighted by Crippen LogP contribution is -2.26. The van der Waals surface area contributed by atoms with E-state index < -0.39 is 10.0 Å². The van der Waals surface area contributed by atoms with Crippen molar-refractivity contribution < 1.29 is 17.9 Å². The van der Waals surface area contributed by atoms with Crippen LogP contribution < -0.4 is 14.2 Å². The quantitative estimate of drug-likeness (QED) is 0.903. The van der Waals surface area contributed by atoms with Crippen LogP contribution in [0, 0.1) is 11.3 Å². The molecule has 1 aliphatic heterocycles. The van der Waals surface area contributed by atoms with E-state index >= 15 is 0 Å². The highest BCUT2D eigenvalue weighted by Gasteiger charge is 2.15. The van der Waals surface area contributed by atoms with Crippen molar-refractivity contribution in [1.82, 2.24) is 4.72 Å². The summed E-state index contributed by atoms with van der Waals surface area (Å²) in [4.78, 5) is 0.141. The number of sulfonamides is 1. The highest BCUT2D eigenvalue weighted by molar-refractivity contribution is 7.89. The normalized spacial score (nSPS) is 12.8. The standard InChI is InChI=1S/C16H14N2O4S/c17-10-13-1-4-14(5-2-13)23(19,20)18-8-7-12-3-6-15-16(9-12)22-11-21-15/h1-6,9,18H,7-8,11H2. The molecule has 0 spiro atoms. The van der Waals surface area contributed by atoms with Crippen LogP contribution in [0.15, 0.2) is 47.4 Å². The minimum Gasteiger partial charge on any atom is -0.454 e. The van der Waals surface area contributed by atoms with E-state index in [4.69, 9.17) is 14.7 Å². The molecular formula is C16H14N2O4S. The van der Waals surface area contributed by atoms with Gasteiger partial charge in [-0.15, -0.1) is 0 Å². The molecule has 0 radical (unpaired) electrons. The Morgan fingerprint density at radius 1 is 1.09 bits per heavy atom. The third kappa shape index (κ3) is 3.44. The van der Waals surface area contributed by atoms with Gasteiger partial charge in [-0.05, 0) is 48.4 Å². The van der Waals surface area contributed by atoms with E-state index in [-0.39, 0.29) is 18.2 Å². The van der Waals surface area contributed by atoms with Gasteiger partial charge in [-0.3, -0.25) is 0 Å². The van der Waals surface area contributed by atoms with E-state index in [9.17, 15) is 8.42 Å². The molecule has 0 amide bonds. The highest BCUT2D eigenvalue weighted by atomic mass is 32.2. The fourth-order valence-electron chi connectivity index (χ4n) is 2.22. The van der Waals surface area contributed by atoms with E-state index in [1.54, 1.807) is 0 Å². The SMILES string of the molecule is N#Cc1ccc(S(=O)(=O)NCCc2ccc3c(c2)OCO3)cc1. The molecule has 23 heavy (non-hydrogen) atoms. The monoisotopic (exact) mass is 330 g/mol. The average Bonchev–Trinajstić information content (AvgIpc) is 3.02. The summed E-state index contributed by atoms with van der Waals surface area (Å²) in [7, 11) is -3.58. The first-order valence-corrected chi connectivity index (χ1v) is 8.45. The summed E-state index contributed by atoms with van der Waals surface area (Å²) >= 11 is 0. The predicted octanol–water partition coefficient (Wildman–Crippen LogP) is 1.81. The summed E-state index contributed by atoms with van der Waals surface area (Å²) in [5, 5.41) is 8.73. The van der Waals surface area contributed by atoms with Crippen molar-refractivity contribution in [3.05, 3.63) is 53.6 Å². The third-order valence-corrected chi connectivity index (χ3v) is 4.91. The first-order chi connectivity index (χ1) is 11.1. The molecule has 1 aliphatic rings. The zero-order chi connectivity index (χ0) is 16.3. The number of hydrogen-bond donors (Lipinski definition) is 1. The molecule has 0 aromatic heterocycles. The van der Waals surface area contributed by atoms with E-state index in [0.717, 1.165) is 5.56 Å². The molecule has 2 aromatic carbocycles. The molecule has 3 rings (SSSR count). The number of nitrogens with one attached hydrogen (secondary N) is 1. The van der Waals surface area contributed by atoms with E-state index in [1.165, 1.54) is 24.3 Å². The Kier molecular flexibility index (Phi) is 4.19. The zero-order valence-electron chi connectivity index (χ0n) is 12.2. The van der Waals surface area contributed by atoms with Crippen LogP contribution in [0.1, 0.15) is 11.1 Å². The minimum atomic E-state index is -3.58. The second-order valence-electron chi connectivity index (χ2n) is 4.97. The molecule has 0 saturated carbocycles. The van der Waals surface area contributed by atoms with Gasteiger partial charge in [-0.2, -0.15) is 5.26 Å². The second kappa shape index (κ2) is 6.28. The Labute approximate surface area is 134 Å². The number of fused-ring (bicyclic) bond motifs is 1. The Morgan fingerprint density at radius 2 is 1.83 bits per heavy atom. The van der Waals surface area contributed by atoms with Crippen LogP contribution in [0.3, 0.4) is 0 Å². The smallest absolute Gasteiger partial charge is 0.240 e. The Hall–Kier alpha value is -2.56. The fourth-order valence-corrected chi connectivity index (χ4v) is 3.25. The molecule has 7 heteroatoms. The molecule has 0 fully saturated rings. The largest absolute Gasteiger partial charge is 0.454 e. The van der Waals surface area contributed by atoms with Crippen molar-refractivity contribution in [2.45, 2.75) is 11.3 Å². The molecule has 2 aromatic rings. The topological polar surface area (TPSA) is 88.4 Å². The van der Waals surface area contributed by atoms with Crippen molar-refractivity contribution >= 4 is 10.0 Å². The van der Waals surface area contributed by atoms with Gasteiger partial charge in [0.25, 0.3) is 0 Å². The number of nitrogens with zero attached hydrogens (tertiary/aromatic N) is 1. The van der Waals surface area contributed by atoms with Gasteiger partial charge >= 0.3 is 0 Å². The molecule has 6 nitrogen and oxygen atoms in total. The maximum absolute atomic E-state index is 12.2. The second-order valence-corrected chi connectivity index (χ2v) is 6.74. The molecule has 0 atom stereocenters. The zero-order valence-corrected chi connectivity index (χ0v) is 13.0. The molecule has 0 bridgehead atoms. The number of hydrogen-bond acceptors (Lipinski definition) is 5. The number of nitriles is 1. The molecule has 0 aliphatic carbocycles. The fraction of sp³-hybridized carbons (Fsp3) is 0.188. The molecular weight excluding hydrogens is 316 g/mol. The van der Waals surface area contributed by atoms with Crippen molar-refractivity contribution in [1.29, 1.82) is 5.26 Å². The highest BCUT2D eigenvalue weighted by Crippen LogP contribution is 2.32. The summed E-state index contributed by atoms with van der Waals surface area (Å²) in [5.74, 6) is 1.38. The van der Waals surface area contributed by atoms with Gasteiger partial charge in [-0.25, -0.2) is 13.1 Å². The van der Waals surface area contributed by atoms with Crippen LogP contribution in [0.25, 0.3) is 0 Å². The Balaban J connectivity index is 1.62. The van der Waals surface area contributed by atoms with Gasteiger partial charge in [0, 0.05) is 6.54 Å². The first-order valence-electron chi connectivity index (χ1n) is 6.97. The van der Waals surface area contributed by atoms with Crippen LogP contribution in [0.4, 0.5) is 0 Å². The molecule has 1 heterocycles. The van der Waals surface area contributed by atoms with E-state index in [2.05, 4.69) is 4.72 Å². The van der Waals surface area contributed by atoms with Crippen LogP contribution in [0.2, 0.25) is 0 Å². The molecule has 118 valence electrons. The maximum atomic E-state index is 12.2. The lowest BCUT2D eigenvalue weighted by atomic mass is 10.1. The van der Waals surface area contributed by atoms with Crippen molar-refractivity contribution in [3.8, 4) is 17.6 Å². The van der Waals surface area contributed by atoms with Gasteiger partial charge < -0.3 is 9.47 Å². The Bertz CT molecular complexity index is 855. The molecule has 0 unspecified atom stereocenters. The van der Waals surface area contributed by atoms with Crippen LogP contribution >= 0.6 is 0 Å². The third-order valence-electron chi connectivity index (χ3n) is 3.44.